The van der Waals surface area contributed by atoms with Gasteiger partial charge in [0.05, 0.1) is 16.8 Å². The molecule has 0 fully saturated rings. The largest absolute Gasteiger partial charge is 0.278 e. The molecule has 2 rings (SSSR count). The number of nitro groups is 1. The van der Waals surface area contributed by atoms with Crippen molar-refractivity contribution in [3.8, 4) is 0 Å². The summed E-state index contributed by atoms with van der Waals surface area (Å²) < 4.78 is 0. The lowest BCUT2D eigenvalue weighted by Crippen LogP contribution is -1.94. The molecule has 0 heterocycles. The SMILES string of the molecule is Cc1ccc(C)c(/C=N/Nc2ccc([N+](=O)[O-])cc2)c1. The zero-order chi connectivity index (χ0) is 14.5. The molecule has 0 saturated heterocycles. The molecule has 5 heteroatoms. The Balaban J connectivity index is 2.06. The van der Waals surface area contributed by atoms with E-state index in [9.17, 15) is 10.1 Å². The molecule has 2 aromatic carbocycles. The van der Waals surface area contributed by atoms with E-state index >= 15 is 0 Å². The van der Waals surface area contributed by atoms with Crippen molar-refractivity contribution in [3.63, 3.8) is 0 Å². The second-order valence-electron chi connectivity index (χ2n) is 4.53. The van der Waals surface area contributed by atoms with Crippen LogP contribution in [0.1, 0.15) is 16.7 Å². The Morgan fingerprint density at radius 3 is 2.50 bits per heavy atom. The van der Waals surface area contributed by atoms with Crippen molar-refractivity contribution >= 4 is 17.6 Å². The van der Waals surface area contributed by atoms with Gasteiger partial charge in [-0.2, -0.15) is 5.10 Å². The summed E-state index contributed by atoms with van der Waals surface area (Å²) in [6.07, 6.45) is 1.74. The Morgan fingerprint density at radius 2 is 1.85 bits per heavy atom. The van der Waals surface area contributed by atoms with Gasteiger partial charge in [-0.15, -0.1) is 0 Å². The van der Waals surface area contributed by atoms with Gasteiger partial charge in [0.25, 0.3) is 5.69 Å². The highest BCUT2D eigenvalue weighted by Gasteiger charge is 2.02. The van der Waals surface area contributed by atoms with Crippen LogP contribution in [0.2, 0.25) is 0 Å². The molecule has 5 nitrogen and oxygen atoms in total. The van der Waals surface area contributed by atoms with Gasteiger partial charge in [0.15, 0.2) is 0 Å². The van der Waals surface area contributed by atoms with Gasteiger partial charge in [0.1, 0.15) is 0 Å². The van der Waals surface area contributed by atoms with Crippen molar-refractivity contribution in [3.05, 3.63) is 69.3 Å². The number of nitrogens with zero attached hydrogens (tertiary/aromatic N) is 2. The summed E-state index contributed by atoms with van der Waals surface area (Å²) in [6, 6.07) is 12.3. The molecule has 0 radical (unpaired) electrons. The van der Waals surface area contributed by atoms with Crippen LogP contribution in [-0.2, 0) is 0 Å². The van der Waals surface area contributed by atoms with Crippen molar-refractivity contribution < 1.29 is 4.92 Å². The molecule has 0 aliphatic heterocycles. The highest BCUT2D eigenvalue weighted by atomic mass is 16.6. The van der Waals surface area contributed by atoms with E-state index in [2.05, 4.69) is 22.7 Å². The molecular formula is C15H15N3O2. The van der Waals surface area contributed by atoms with Gasteiger partial charge in [0, 0.05) is 12.1 Å². The van der Waals surface area contributed by atoms with E-state index in [0.717, 1.165) is 11.1 Å². The first-order valence-electron chi connectivity index (χ1n) is 6.17. The van der Waals surface area contributed by atoms with E-state index in [1.54, 1.807) is 18.3 Å². The van der Waals surface area contributed by atoms with Crippen LogP contribution in [0.4, 0.5) is 11.4 Å². The van der Waals surface area contributed by atoms with Gasteiger partial charge in [-0.1, -0.05) is 23.8 Å². The van der Waals surface area contributed by atoms with E-state index in [1.807, 2.05) is 19.9 Å². The van der Waals surface area contributed by atoms with Crippen molar-refractivity contribution in [2.24, 2.45) is 5.10 Å². The highest BCUT2D eigenvalue weighted by molar-refractivity contribution is 5.82. The van der Waals surface area contributed by atoms with Crippen molar-refractivity contribution in [1.29, 1.82) is 0 Å². The molecule has 0 amide bonds. The monoisotopic (exact) mass is 269 g/mol. The number of nitro benzene ring substituents is 1. The molecule has 0 aromatic heterocycles. The van der Waals surface area contributed by atoms with Crippen LogP contribution in [-0.4, -0.2) is 11.1 Å². The summed E-state index contributed by atoms with van der Waals surface area (Å²) in [5.41, 5.74) is 6.98. The standard InChI is InChI=1S/C15H15N3O2/c1-11-3-4-12(2)13(9-11)10-16-17-14-5-7-15(8-6-14)18(19)20/h3-10,17H,1-2H3/b16-10+. The summed E-state index contributed by atoms with van der Waals surface area (Å²) in [6.45, 7) is 4.05. The lowest BCUT2D eigenvalue weighted by Gasteiger charge is -2.02. The number of anilines is 1. The molecule has 0 spiro atoms. The number of nitrogens with one attached hydrogen (secondary N) is 1. The van der Waals surface area contributed by atoms with Gasteiger partial charge in [-0.05, 0) is 37.1 Å². The first-order valence-corrected chi connectivity index (χ1v) is 6.17. The molecule has 1 N–H and O–H groups in total. The number of aryl methyl sites for hydroxylation is 2. The van der Waals surface area contributed by atoms with E-state index in [-0.39, 0.29) is 5.69 Å². The molecule has 0 unspecified atom stereocenters. The fourth-order valence-electron chi connectivity index (χ4n) is 1.73. The molecule has 20 heavy (non-hydrogen) atoms. The topological polar surface area (TPSA) is 67.5 Å². The third-order valence-corrected chi connectivity index (χ3v) is 2.91. The van der Waals surface area contributed by atoms with Crippen molar-refractivity contribution in [2.45, 2.75) is 13.8 Å². The van der Waals surface area contributed by atoms with Crippen LogP contribution in [0.15, 0.2) is 47.6 Å². The lowest BCUT2D eigenvalue weighted by atomic mass is 10.1. The second kappa shape index (κ2) is 5.97. The highest BCUT2D eigenvalue weighted by Crippen LogP contribution is 2.15. The summed E-state index contributed by atoms with van der Waals surface area (Å²) in [5, 5.41) is 14.7. The minimum absolute atomic E-state index is 0.0639. The average molecular weight is 269 g/mol. The lowest BCUT2D eigenvalue weighted by molar-refractivity contribution is -0.384. The third kappa shape index (κ3) is 3.41. The second-order valence-corrected chi connectivity index (χ2v) is 4.53. The molecular weight excluding hydrogens is 254 g/mol. The van der Waals surface area contributed by atoms with Gasteiger partial charge in [-0.3, -0.25) is 15.5 Å². The van der Waals surface area contributed by atoms with E-state index < -0.39 is 4.92 Å². The van der Waals surface area contributed by atoms with Crippen LogP contribution >= 0.6 is 0 Å². The fraction of sp³-hybridized carbons (Fsp3) is 0.133. The number of hydrogen-bond donors (Lipinski definition) is 1. The van der Waals surface area contributed by atoms with E-state index in [4.69, 9.17) is 0 Å². The Labute approximate surface area is 117 Å². The van der Waals surface area contributed by atoms with Gasteiger partial charge < -0.3 is 0 Å². The zero-order valence-electron chi connectivity index (χ0n) is 11.3. The zero-order valence-corrected chi connectivity index (χ0v) is 11.3. The van der Waals surface area contributed by atoms with Gasteiger partial charge >= 0.3 is 0 Å². The van der Waals surface area contributed by atoms with Crippen LogP contribution in [0.3, 0.4) is 0 Å². The average Bonchev–Trinajstić information content (AvgIpc) is 2.43. The predicted molar refractivity (Wildman–Crippen MR) is 80.2 cm³/mol. The normalized spacial score (nSPS) is 10.7. The maximum atomic E-state index is 10.5. The van der Waals surface area contributed by atoms with E-state index in [1.165, 1.54) is 17.7 Å². The third-order valence-electron chi connectivity index (χ3n) is 2.91. The Kier molecular flexibility index (Phi) is 4.10. The Hall–Kier alpha value is -2.69. The Bertz CT molecular complexity index is 649. The summed E-state index contributed by atoms with van der Waals surface area (Å²) in [7, 11) is 0. The summed E-state index contributed by atoms with van der Waals surface area (Å²) in [4.78, 5) is 10.1. The fourth-order valence-corrected chi connectivity index (χ4v) is 1.73. The summed E-state index contributed by atoms with van der Waals surface area (Å²) >= 11 is 0. The maximum absolute atomic E-state index is 10.5. The minimum Gasteiger partial charge on any atom is -0.278 e. The van der Waals surface area contributed by atoms with Gasteiger partial charge in [0.2, 0.25) is 0 Å². The predicted octanol–water partition coefficient (Wildman–Crippen LogP) is 3.66. The summed E-state index contributed by atoms with van der Waals surface area (Å²) in [5.74, 6) is 0. The van der Waals surface area contributed by atoms with Crippen molar-refractivity contribution in [1.82, 2.24) is 0 Å². The number of non-ortho nitro benzene ring substituents is 1. The molecule has 0 aliphatic carbocycles. The van der Waals surface area contributed by atoms with E-state index in [0.29, 0.717) is 5.69 Å². The van der Waals surface area contributed by atoms with Crippen LogP contribution in [0.25, 0.3) is 0 Å². The quantitative estimate of drug-likeness (QED) is 0.523. The van der Waals surface area contributed by atoms with Crippen LogP contribution < -0.4 is 5.43 Å². The molecule has 0 bridgehead atoms. The smallest absolute Gasteiger partial charge is 0.269 e. The molecule has 0 saturated carbocycles. The first kappa shape index (κ1) is 13.7. The molecule has 0 aliphatic rings. The number of benzene rings is 2. The molecule has 102 valence electrons. The maximum Gasteiger partial charge on any atom is 0.269 e. The molecule has 0 atom stereocenters. The van der Waals surface area contributed by atoms with Crippen LogP contribution in [0, 0.1) is 24.0 Å². The van der Waals surface area contributed by atoms with Gasteiger partial charge in [-0.25, -0.2) is 0 Å². The Morgan fingerprint density at radius 1 is 1.15 bits per heavy atom. The first-order chi connectivity index (χ1) is 9.56. The number of hydrogen-bond acceptors (Lipinski definition) is 4. The van der Waals surface area contributed by atoms with Crippen LogP contribution in [0.5, 0.6) is 0 Å². The minimum atomic E-state index is -0.427. The molecule has 2 aromatic rings. The number of hydrazone groups is 1. The number of rotatable bonds is 4. The van der Waals surface area contributed by atoms with Crippen molar-refractivity contribution in [2.75, 3.05) is 5.43 Å².